The van der Waals surface area contributed by atoms with Gasteiger partial charge in [0.25, 0.3) is 0 Å². The normalized spacial score (nSPS) is 12.4. The molecule has 3 heteroatoms. The molecule has 1 nitrogen and oxygen atoms in total. The smallest absolute Gasteiger partial charge is 0.0360 e. The summed E-state index contributed by atoms with van der Waals surface area (Å²) in [7, 11) is 0. The summed E-state index contributed by atoms with van der Waals surface area (Å²) in [6.07, 6.45) is 0.994. The Morgan fingerprint density at radius 2 is 1.90 bits per heavy atom. The van der Waals surface area contributed by atoms with E-state index in [0.29, 0.717) is 6.04 Å². The molecule has 106 valence electrons. The van der Waals surface area contributed by atoms with Crippen LogP contribution in [0.4, 0.5) is 0 Å². The first-order valence-electron chi connectivity index (χ1n) is 6.84. The Bertz CT molecular complexity index is 581. The Morgan fingerprint density at radius 1 is 1.10 bits per heavy atom. The minimum Gasteiger partial charge on any atom is -0.310 e. The van der Waals surface area contributed by atoms with Crippen LogP contribution in [0.15, 0.2) is 51.4 Å². The second-order valence-corrected chi connectivity index (χ2v) is 6.72. The van der Waals surface area contributed by atoms with Crippen LogP contribution in [0, 0.1) is 6.92 Å². The molecule has 0 fully saturated rings. The first kappa shape index (κ1) is 15.7. The Morgan fingerprint density at radius 3 is 2.55 bits per heavy atom. The number of benzene rings is 2. The van der Waals surface area contributed by atoms with Crippen molar-refractivity contribution in [3.63, 3.8) is 0 Å². The Kier molecular flexibility index (Phi) is 5.82. The van der Waals surface area contributed by atoms with Crippen LogP contribution in [-0.4, -0.2) is 6.54 Å². The third-order valence-corrected chi connectivity index (χ3v) is 4.75. The molecule has 0 aliphatic heterocycles. The van der Waals surface area contributed by atoms with E-state index in [1.165, 1.54) is 21.2 Å². The summed E-state index contributed by atoms with van der Waals surface area (Å²) in [5.74, 6) is 0. The van der Waals surface area contributed by atoms with E-state index in [0.717, 1.165) is 17.4 Å². The van der Waals surface area contributed by atoms with Crippen molar-refractivity contribution >= 4 is 31.9 Å². The van der Waals surface area contributed by atoms with E-state index in [9.17, 15) is 0 Å². The zero-order valence-corrected chi connectivity index (χ0v) is 15.0. The van der Waals surface area contributed by atoms with Gasteiger partial charge >= 0.3 is 0 Å². The molecule has 0 saturated carbocycles. The van der Waals surface area contributed by atoms with Crippen molar-refractivity contribution < 1.29 is 0 Å². The van der Waals surface area contributed by atoms with Gasteiger partial charge in [-0.15, -0.1) is 0 Å². The Labute approximate surface area is 138 Å². The lowest BCUT2D eigenvalue weighted by Crippen LogP contribution is -2.23. The monoisotopic (exact) mass is 395 g/mol. The number of hydrogen-bond donors (Lipinski definition) is 1. The van der Waals surface area contributed by atoms with Crippen LogP contribution in [0.5, 0.6) is 0 Å². The molecule has 1 unspecified atom stereocenters. The number of nitrogens with one attached hydrogen (secondary N) is 1. The average molecular weight is 397 g/mol. The molecule has 0 aliphatic carbocycles. The molecule has 0 amide bonds. The number of likely N-dealkylation sites (N-methyl/N-ethyl adjacent to an activating group) is 1. The summed E-state index contributed by atoms with van der Waals surface area (Å²) >= 11 is 7.11. The van der Waals surface area contributed by atoms with Crippen LogP contribution in [0.2, 0.25) is 0 Å². The van der Waals surface area contributed by atoms with Gasteiger partial charge in [-0.25, -0.2) is 0 Å². The molecular weight excluding hydrogens is 378 g/mol. The zero-order chi connectivity index (χ0) is 14.5. The lowest BCUT2D eigenvalue weighted by molar-refractivity contribution is 0.549. The standard InChI is InChI=1S/C17H19Br2N/c1-3-20-17(11-13-5-4-6-15(18)10-13)14-7-8-16(19)12(2)9-14/h4-10,17,20H,3,11H2,1-2H3. The van der Waals surface area contributed by atoms with Crippen LogP contribution < -0.4 is 5.32 Å². The molecule has 2 aromatic rings. The van der Waals surface area contributed by atoms with E-state index in [-0.39, 0.29) is 0 Å². The molecule has 0 bridgehead atoms. The third kappa shape index (κ3) is 4.18. The molecule has 0 spiro atoms. The fourth-order valence-corrected chi connectivity index (χ4v) is 3.03. The van der Waals surface area contributed by atoms with Crippen LogP contribution >= 0.6 is 31.9 Å². The highest BCUT2D eigenvalue weighted by Crippen LogP contribution is 2.24. The second-order valence-electron chi connectivity index (χ2n) is 4.95. The number of aryl methyl sites for hydroxylation is 1. The molecule has 1 atom stereocenters. The first-order chi connectivity index (χ1) is 9.60. The topological polar surface area (TPSA) is 12.0 Å². The minimum absolute atomic E-state index is 0.348. The lowest BCUT2D eigenvalue weighted by atomic mass is 9.97. The number of hydrogen-bond acceptors (Lipinski definition) is 1. The molecular formula is C17H19Br2N. The molecule has 2 rings (SSSR count). The molecule has 0 radical (unpaired) electrons. The molecule has 0 aliphatic rings. The fourth-order valence-electron chi connectivity index (χ4n) is 2.34. The molecule has 1 N–H and O–H groups in total. The average Bonchev–Trinajstić information content (AvgIpc) is 2.41. The largest absolute Gasteiger partial charge is 0.310 e. The van der Waals surface area contributed by atoms with Gasteiger partial charge < -0.3 is 5.32 Å². The van der Waals surface area contributed by atoms with Gasteiger partial charge in [-0.05, 0) is 54.8 Å². The maximum atomic E-state index is 3.58. The highest BCUT2D eigenvalue weighted by molar-refractivity contribution is 9.10. The number of rotatable bonds is 5. The summed E-state index contributed by atoms with van der Waals surface area (Å²) < 4.78 is 2.30. The van der Waals surface area contributed by atoms with Gasteiger partial charge in [-0.2, -0.15) is 0 Å². The van der Waals surface area contributed by atoms with E-state index >= 15 is 0 Å². The van der Waals surface area contributed by atoms with Crippen molar-refractivity contribution in [2.45, 2.75) is 26.3 Å². The van der Waals surface area contributed by atoms with Gasteiger partial charge in [-0.1, -0.05) is 63.0 Å². The first-order valence-corrected chi connectivity index (χ1v) is 8.42. The van der Waals surface area contributed by atoms with Crippen LogP contribution in [0.1, 0.15) is 29.7 Å². The van der Waals surface area contributed by atoms with E-state index in [1.807, 2.05) is 0 Å². The maximum absolute atomic E-state index is 3.58. The molecule has 0 heterocycles. The molecule has 20 heavy (non-hydrogen) atoms. The summed E-state index contributed by atoms with van der Waals surface area (Å²) in [5.41, 5.74) is 3.96. The van der Waals surface area contributed by atoms with Crippen LogP contribution in [0.3, 0.4) is 0 Å². The Hall–Kier alpha value is -0.640. The summed E-state index contributed by atoms with van der Waals surface area (Å²) in [4.78, 5) is 0. The van der Waals surface area contributed by atoms with E-state index in [1.54, 1.807) is 0 Å². The van der Waals surface area contributed by atoms with Crippen LogP contribution in [-0.2, 0) is 6.42 Å². The maximum Gasteiger partial charge on any atom is 0.0360 e. The SMILES string of the molecule is CCNC(Cc1cccc(Br)c1)c1ccc(Br)c(C)c1. The molecule has 0 aromatic heterocycles. The van der Waals surface area contributed by atoms with Crippen molar-refractivity contribution in [2.75, 3.05) is 6.54 Å². The molecule has 2 aromatic carbocycles. The number of halogens is 2. The third-order valence-electron chi connectivity index (χ3n) is 3.36. The van der Waals surface area contributed by atoms with E-state index in [2.05, 4.69) is 93.5 Å². The summed E-state index contributed by atoms with van der Waals surface area (Å²) in [5, 5.41) is 3.58. The van der Waals surface area contributed by atoms with Gasteiger partial charge in [-0.3, -0.25) is 0 Å². The van der Waals surface area contributed by atoms with Gasteiger partial charge in [0.15, 0.2) is 0 Å². The zero-order valence-electron chi connectivity index (χ0n) is 11.8. The minimum atomic E-state index is 0.348. The van der Waals surface area contributed by atoms with Gasteiger partial charge in [0.2, 0.25) is 0 Å². The van der Waals surface area contributed by atoms with E-state index in [4.69, 9.17) is 0 Å². The van der Waals surface area contributed by atoms with Crippen molar-refractivity contribution in [1.29, 1.82) is 0 Å². The molecule has 0 saturated heterocycles. The van der Waals surface area contributed by atoms with Crippen molar-refractivity contribution in [2.24, 2.45) is 0 Å². The van der Waals surface area contributed by atoms with Gasteiger partial charge in [0, 0.05) is 15.0 Å². The van der Waals surface area contributed by atoms with Crippen molar-refractivity contribution in [3.05, 3.63) is 68.1 Å². The lowest BCUT2D eigenvalue weighted by Gasteiger charge is -2.19. The highest BCUT2D eigenvalue weighted by Gasteiger charge is 2.12. The summed E-state index contributed by atoms with van der Waals surface area (Å²) in [6.45, 7) is 5.25. The highest BCUT2D eigenvalue weighted by atomic mass is 79.9. The van der Waals surface area contributed by atoms with Gasteiger partial charge in [0.05, 0.1) is 0 Å². The summed E-state index contributed by atoms with van der Waals surface area (Å²) in [6, 6.07) is 15.5. The Balaban J connectivity index is 2.24. The predicted octanol–water partition coefficient (Wildman–Crippen LogP) is 5.41. The fraction of sp³-hybridized carbons (Fsp3) is 0.294. The van der Waals surface area contributed by atoms with E-state index < -0.39 is 0 Å². The second kappa shape index (κ2) is 7.39. The van der Waals surface area contributed by atoms with Gasteiger partial charge in [0.1, 0.15) is 0 Å². The van der Waals surface area contributed by atoms with Crippen LogP contribution in [0.25, 0.3) is 0 Å². The van der Waals surface area contributed by atoms with Crippen molar-refractivity contribution in [1.82, 2.24) is 5.32 Å². The predicted molar refractivity (Wildman–Crippen MR) is 93.1 cm³/mol. The van der Waals surface area contributed by atoms with Crippen molar-refractivity contribution in [3.8, 4) is 0 Å². The quantitative estimate of drug-likeness (QED) is 0.711.